The van der Waals surface area contributed by atoms with Crippen LogP contribution in [0.4, 0.5) is 0 Å². The summed E-state index contributed by atoms with van der Waals surface area (Å²) in [6.45, 7) is 2.74. The van der Waals surface area contributed by atoms with Crippen LogP contribution in [0.2, 0.25) is 0 Å². The van der Waals surface area contributed by atoms with Gasteiger partial charge in [-0.05, 0) is 6.42 Å². The first-order chi connectivity index (χ1) is 5.33. The maximum atomic E-state index is 10.6. The van der Waals surface area contributed by atoms with Crippen LogP contribution in [0, 0.1) is 5.92 Å². The molecular formula is C9H14O2. The van der Waals surface area contributed by atoms with Crippen LogP contribution in [0.1, 0.15) is 26.2 Å². The predicted octanol–water partition coefficient (Wildman–Crippen LogP) is 1.91. The molecule has 0 saturated heterocycles. The summed E-state index contributed by atoms with van der Waals surface area (Å²) >= 11 is 0. The summed E-state index contributed by atoms with van der Waals surface area (Å²) in [5.74, 6) is 0.269. The van der Waals surface area contributed by atoms with E-state index < -0.39 is 0 Å². The monoisotopic (exact) mass is 154 g/mol. The summed E-state index contributed by atoms with van der Waals surface area (Å²) in [5.41, 5.74) is 0. The molecule has 62 valence electrons. The first kappa shape index (κ1) is 8.31. The lowest BCUT2D eigenvalue weighted by Crippen LogP contribution is -2.16. The molecule has 2 heteroatoms. The summed E-state index contributed by atoms with van der Waals surface area (Å²) in [6.07, 6.45) is 7.05. The Bertz CT molecular complexity index is 161. The molecule has 0 aromatic heterocycles. The number of carbonyl (C=O) groups is 1. The number of esters is 1. The van der Waals surface area contributed by atoms with Crippen molar-refractivity contribution in [1.29, 1.82) is 0 Å². The van der Waals surface area contributed by atoms with Crippen LogP contribution < -0.4 is 0 Å². The van der Waals surface area contributed by atoms with Crippen molar-refractivity contribution in [2.75, 3.05) is 6.61 Å². The first-order valence-electron chi connectivity index (χ1n) is 4.18. The SMILES string of the molecule is CCCCC1C=CC(=O)OC1. The number of hydrogen-bond acceptors (Lipinski definition) is 2. The Morgan fingerprint density at radius 2 is 2.55 bits per heavy atom. The van der Waals surface area contributed by atoms with Crippen molar-refractivity contribution < 1.29 is 9.53 Å². The molecule has 0 saturated carbocycles. The standard InChI is InChI=1S/C9H14O2/c1-2-3-4-8-5-6-9(10)11-7-8/h5-6,8H,2-4,7H2,1H3. The predicted molar refractivity (Wildman–Crippen MR) is 43.1 cm³/mol. The van der Waals surface area contributed by atoms with Gasteiger partial charge in [0.05, 0.1) is 6.61 Å². The van der Waals surface area contributed by atoms with Crippen LogP contribution in [0.25, 0.3) is 0 Å². The van der Waals surface area contributed by atoms with E-state index in [0.29, 0.717) is 12.5 Å². The third-order valence-corrected chi connectivity index (χ3v) is 1.87. The highest BCUT2D eigenvalue weighted by atomic mass is 16.5. The largest absolute Gasteiger partial charge is 0.462 e. The molecule has 0 aromatic carbocycles. The Hall–Kier alpha value is -0.790. The molecule has 0 aromatic rings. The van der Waals surface area contributed by atoms with Crippen molar-refractivity contribution in [3.05, 3.63) is 12.2 Å². The summed E-state index contributed by atoms with van der Waals surface area (Å²) in [5, 5.41) is 0. The fourth-order valence-electron chi connectivity index (χ4n) is 1.15. The third kappa shape index (κ3) is 2.74. The molecule has 0 spiro atoms. The van der Waals surface area contributed by atoms with Gasteiger partial charge in [0.15, 0.2) is 0 Å². The summed E-state index contributed by atoms with van der Waals surface area (Å²) in [6, 6.07) is 0. The van der Waals surface area contributed by atoms with Crippen LogP contribution in [0.5, 0.6) is 0 Å². The molecule has 0 fully saturated rings. The minimum Gasteiger partial charge on any atom is -0.462 e. The van der Waals surface area contributed by atoms with Gasteiger partial charge in [0.2, 0.25) is 0 Å². The van der Waals surface area contributed by atoms with E-state index in [2.05, 4.69) is 6.92 Å². The highest BCUT2D eigenvalue weighted by Crippen LogP contribution is 2.13. The zero-order valence-corrected chi connectivity index (χ0v) is 6.88. The Balaban J connectivity index is 2.26. The second-order valence-corrected chi connectivity index (χ2v) is 2.89. The fourth-order valence-corrected chi connectivity index (χ4v) is 1.15. The molecule has 2 nitrogen and oxygen atoms in total. The highest BCUT2D eigenvalue weighted by Gasteiger charge is 2.12. The van der Waals surface area contributed by atoms with Gasteiger partial charge >= 0.3 is 5.97 Å². The topological polar surface area (TPSA) is 26.3 Å². The van der Waals surface area contributed by atoms with Gasteiger partial charge in [-0.2, -0.15) is 0 Å². The van der Waals surface area contributed by atoms with E-state index in [1.165, 1.54) is 18.9 Å². The average Bonchev–Trinajstić information content (AvgIpc) is 2.04. The van der Waals surface area contributed by atoms with Crippen LogP contribution in [-0.2, 0) is 9.53 Å². The van der Waals surface area contributed by atoms with Crippen molar-refractivity contribution in [2.24, 2.45) is 5.92 Å². The second-order valence-electron chi connectivity index (χ2n) is 2.89. The lowest BCUT2D eigenvalue weighted by molar-refractivity contribution is -0.139. The molecule has 0 bridgehead atoms. The van der Waals surface area contributed by atoms with Gasteiger partial charge in [-0.15, -0.1) is 0 Å². The molecule has 1 atom stereocenters. The highest BCUT2D eigenvalue weighted by molar-refractivity contribution is 5.82. The van der Waals surface area contributed by atoms with Gasteiger partial charge in [-0.1, -0.05) is 25.8 Å². The average molecular weight is 154 g/mol. The van der Waals surface area contributed by atoms with E-state index in [4.69, 9.17) is 4.74 Å². The van der Waals surface area contributed by atoms with Crippen LogP contribution in [0.3, 0.4) is 0 Å². The Kier molecular flexibility index (Phi) is 3.14. The van der Waals surface area contributed by atoms with E-state index >= 15 is 0 Å². The quantitative estimate of drug-likeness (QED) is 0.580. The molecule has 0 aliphatic carbocycles. The Morgan fingerprint density at radius 1 is 1.73 bits per heavy atom. The lowest BCUT2D eigenvalue weighted by Gasteiger charge is -2.15. The van der Waals surface area contributed by atoms with Gasteiger partial charge < -0.3 is 4.74 Å². The molecule has 11 heavy (non-hydrogen) atoms. The lowest BCUT2D eigenvalue weighted by atomic mass is 10.0. The molecule has 1 aliphatic rings. The number of unbranched alkanes of at least 4 members (excludes halogenated alkanes) is 1. The maximum absolute atomic E-state index is 10.6. The summed E-state index contributed by atoms with van der Waals surface area (Å²) < 4.78 is 4.86. The Labute approximate surface area is 67.2 Å². The zero-order chi connectivity index (χ0) is 8.10. The molecule has 0 amide bonds. The minimum atomic E-state index is -0.197. The minimum absolute atomic E-state index is 0.197. The smallest absolute Gasteiger partial charge is 0.330 e. The Morgan fingerprint density at radius 3 is 3.09 bits per heavy atom. The van der Waals surface area contributed by atoms with Crippen molar-refractivity contribution in [1.82, 2.24) is 0 Å². The fraction of sp³-hybridized carbons (Fsp3) is 0.667. The molecule has 1 aliphatic heterocycles. The first-order valence-corrected chi connectivity index (χ1v) is 4.18. The van der Waals surface area contributed by atoms with E-state index in [0.717, 1.165) is 6.42 Å². The molecule has 0 radical (unpaired) electrons. The van der Waals surface area contributed by atoms with Gasteiger partial charge in [0.25, 0.3) is 0 Å². The van der Waals surface area contributed by atoms with Gasteiger partial charge in [0, 0.05) is 12.0 Å². The van der Waals surface area contributed by atoms with Crippen LogP contribution >= 0.6 is 0 Å². The van der Waals surface area contributed by atoms with Crippen molar-refractivity contribution >= 4 is 5.97 Å². The molecular weight excluding hydrogens is 140 g/mol. The third-order valence-electron chi connectivity index (χ3n) is 1.87. The van der Waals surface area contributed by atoms with Crippen molar-refractivity contribution in [3.8, 4) is 0 Å². The zero-order valence-electron chi connectivity index (χ0n) is 6.88. The number of rotatable bonds is 3. The van der Waals surface area contributed by atoms with E-state index in [1.807, 2.05) is 6.08 Å². The van der Waals surface area contributed by atoms with Gasteiger partial charge in [-0.25, -0.2) is 4.79 Å². The van der Waals surface area contributed by atoms with Gasteiger partial charge in [-0.3, -0.25) is 0 Å². The number of ether oxygens (including phenoxy) is 1. The van der Waals surface area contributed by atoms with E-state index in [9.17, 15) is 4.79 Å². The normalized spacial score (nSPS) is 23.4. The molecule has 0 N–H and O–H groups in total. The second kappa shape index (κ2) is 4.16. The summed E-state index contributed by atoms with van der Waals surface area (Å²) in [7, 11) is 0. The van der Waals surface area contributed by atoms with Crippen LogP contribution in [0.15, 0.2) is 12.2 Å². The van der Waals surface area contributed by atoms with E-state index in [-0.39, 0.29) is 5.97 Å². The molecule has 1 rings (SSSR count). The number of hydrogen-bond donors (Lipinski definition) is 0. The van der Waals surface area contributed by atoms with Crippen LogP contribution in [-0.4, -0.2) is 12.6 Å². The number of cyclic esters (lactones) is 1. The van der Waals surface area contributed by atoms with Crippen molar-refractivity contribution in [3.63, 3.8) is 0 Å². The molecule has 1 heterocycles. The van der Waals surface area contributed by atoms with Gasteiger partial charge in [0.1, 0.15) is 0 Å². The molecule has 1 unspecified atom stereocenters. The van der Waals surface area contributed by atoms with Crippen molar-refractivity contribution in [2.45, 2.75) is 26.2 Å². The number of carbonyl (C=O) groups excluding carboxylic acids is 1. The summed E-state index contributed by atoms with van der Waals surface area (Å²) in [4.78, 5) is 10.6. The maximum Gasteiger partial charge on any atom is 0.330 e. The van der Waals surface area contributed by atoms with E-state index in [1.54, 1.807) is 0 Å².